The van der Waals surface area contributed by atoms with Gasteiger partial charge in [0.1, 0.15) is 17.5 Å². The molecule has 1 atom stereocenters. The first kappa shape index (κ1) is 14.3. The molecule has 20 heavy (non-hydrogen) atoms. The van der Waals surface area contributed by atoms with Crippen LogP contribution in [0.4, 0.5) is 0 Å². The van der Waals surface area contributed by atoms with E-state index < -0.39 is 0 Å². The average molecular weight is 277 g/mol. The molecule has 2 rings (SSSR count). The lowest BCUT2D eigenvalue weighted by Crippen LogP contribution is -2.35. The van der Waals surface area contributed by atoms with Gasteiger partial charge in [-0.25, -0.2) is 9.97 Å². The van der Waals surface area contributed by atoms with Crippen molar-refractivity contribution in [2.24, 2.45) is 0 Å². The van der Waals surface area contributed by atoms with Crippen molar-refractivity contribution < 1.29 is 13.9 Å². The number of ether oxygens (including phenoxy) is 1. The van der Waals surface area contributed by atoms with Crippen LogP contribution in [0.1, 0.15) is 31.6 Å². The summed E-state index contributed by atoms with van der Waals surface area (Å²) in [5, 5.41) is 3.56. The molecule has 0 aliphatic heterocycles. The van der Waals surface area contributed by atoms with E-state index in [0.29, 0.717) is 11.6 Å². The summed E-state index contributed by atoms with van der Waals surface area (Å²) in [4.78, 5) is 19.8. The molecule has 0 aromatic carbocycles. The predicted octanol–water partition coefficient (Wildman–Crippen LogP) is 2.13. The van der Waals surface area contributed by atoms with Gasteiger partial charge in [0.05, 0.1) is 0 Å². The van der Waals surface area contributed by atoms with Crippen LogP contribution in [0.25, 0.3) is 11.1 Å². The molecule has 2 aromatic rings. The van der Waals surface area contributed by atoms with Gasteiger partial charge in [-0.05, 0) is 27.2 Å². The minimum atomic E-state index is -0.163. The normalized spacial score (nSPS) is 12.4. The lowest BCUT2D eigenvalue weighted by atomic mass is 10.2. The maximum absolute atomic E-state index is 11.7. The van der Waals surface area contributed by atoms with Crippen molar-refractivity contribution in [2.45, 2.75) is 40.2 Å². The summed E-state index contributed by atoms with van der Waals surface area (Å²) in [7, 11) is 0. The molecule has 2 aromatic heterocycles. The van der Waals surface area contributed by atoms with Crippen molar-refractivity contribution in [2.75, 3.05) is 6.61 Å². The molecule has 0 saturated carbocycles. The molecular weight excluding hydrogens is 258 g/mol. The van der Waals surface area contributed by atoms with Gasteiger partial charge in [-0.1, -0.05) is 6.92 Å². The summed E-state index contributed by atoms with van der Waals surface area (Å²) in [5.74, 6) is 0.988. The van der Waals surface area contributed by atoms with Crippen molar-refractivity contribution in [3.8, 4) is 5.88 Å². The minimum absolute atomic E-state index is 0.0693. The fourth-order valence-corrected chi connectivity index (χ4v) is 1.81. The number of fused-ring (bicyclic) bond motifs is 1. The molecule has 2 heterocycles. The molecule has 0 spiro atoms. The monoisotopic (exact) mass is 277 g/mol. The Morgan fingerprint density at radius 2 is 2.20 bits per heavy atom. The topological polar surface area (TPSA) is 77.2 Å². The van der Waals surface area contributed by atoms with Crippen LogP contribution < -0.4 is 10.1 Å². The first-order valence-electron chi connectivity index (χ1n) is 6.65. The Labute approximate surface area is 117 Å². The van der Waals surface area contributed by atoms with E-state index >= 15 is 0 Å². The van der Waals surface area contributed by atoms with E-state index in [4.69, 9.17) is 9.15 Å². The highest BCUT2D eigenvalue weighted by Crippen LogP contribution is 2.29. The van der Waals surface area contributed by atoms with Crippen LogP contribution in [-0.4, -0.2) is 28.5 Å². The Morgan fingerprint density at radius 1 is 1.45 bits per heavy atom. The van der Waals surface area contributed by atoms with Gasteiger partial charge in [-0.15, -0.1) is 0 Å². The molecule has 0 aliphatic carbocycles. The molecule has 0 bridgehead atoms. The first-order chi connectivity index (χ1) is 9.52. The summed E-state index contributed by atoms with van der Waals surface area (Å²) in [5.41, 5.74) is 1.41. The Kier molecular flexibility index (Phi) is 4.22. The van der Waals surface area contributed by atoms with Crippen LogP contribution in [0.5, 0.6) is 5.88 Å². The summed E-state index contributed by atoms with van der Waals surface area (Å²) in [6, 6.07) is 0.134. The number of aryl methyl sites for hydroxylation is 2. The van der Waals surface area contributed by atoms with E-state index in [0.717, 1.165) is 23.1 Å². The lowest BCUT2D eigenvalue weighted by molar-refractivity contribution is -0.123. The third-order valence-corrected chi connectivity index (χ3v) is 3.29. The Bertz CT molecular complexity index is 621. The maximum atomic E-state index is 11.7. The highest BCUT2D eigenvalue weighted by Gasteiger charge is 2.15. The molecule has 1 unspecified atom stereocenters. The van der Waals surface area contributed by atoms with Crippen molar-refractivity contribution >= 4 is 17.0 Å². The minimum Gasteiger partial charge on any atom is -0.467 e. The second kappa shape index (κ2) is 5.90. The van der Waals surface area contributed by atoms with Crippen LogP contribution in [-0.2, 0) is 4.79 Å². The van der Waals surface area contributed by atoms with Crippen molar-refractivity contribution in [1.29, 1.82) is 0 Å². The standard InChI is InChI=1S/C14H19N3O3/c1-5-8(2)17-11(18)6-19-13-12-9(3)10(4)20-14(12)16-7-15-13/h7-8H,5-6H2,1-4H3,(H,17,18). The smallest absolute Gasteiger partial charge is 0.258 e. The third-order valence-electron chi connectivity index (χ3n) is 3.29. The zero-order valence-electron chi connectivity index (χ0n) is 12.2. The second-order valence-corrected chi connectivity index (χ2v) is 4.81. The van der Waals surface area contributed by atoms with Crippen LogP contribution >= 0.6 is 0 Å². The summed E-state index contributed by atoms with van der Waals surface area (Å²) < 4.78 is 11.0. The SMILES string of the molecule is CCC(C)NC(=O)COc1ncnc2oc(C)c(C)c12. The molecule has 6 nitrogen and oxygen atoms in total. The van der Waals surface area contributed by atoms with Gasteiger partial charge in [0, 0.05) is 11.6 Å². The highest BCUT2D eigenvalue weighted by atomic mass is 16.5. The zero-order valence-corrected chi connectivity index (χ0v) is 12.2. The molecule has 6 heteroatoms. The largest absolute Gasteiger partial charge is 0.467 e. The number of nitrogens with zero attached hydrogens (tertiary/aromatic N) is 2. The molecule has 0 fully saturated rings. The second-order valence-electron chi connectivity index (χ2n) is 4.81. The molecular formula is C14H19N3O3. The van der Waals surface area contributed by atoms with E-state index in [1.165, 1.54) is 6.33 Å². The summed E-state index contributed by atoms with van der Waals surface area (Å²) in [6.07, 6.45) is 2.25. The van der Waals surface area contributed by atoms with Gasteiger partial charge in [-0.2, -0.15) is 0 Å². The molecule has 1 N–H and O–H groups in total. The molecule has 1 amide bonds. The summed E-state index contributed by atoms with van der Waals surface area (Å²) >= 11 is 0. The van der Waals surface area contributed by atoms with E-state index in [2.05, 4.69) is 15.3 Å². The Morgan fingerprint density at radius 3 is 2.90 bits per heavy atom. The van der Waals surface area contributed by atoms with E-state index in [9.17, 15) is 4.79 Å². The first-order valence-corrected chi connectivity index (χ1v) is 6.65. The highest BCUT2D eigenvalue weighted by molar-refractivity contribution is 5.84. The molecule has 0 radical (unpaired) electrons. The number of hydrogen-bond acceptors (Lipinski definition) is 5. The number of amides is 1. The quantitative estimate of drug-likeness (QED) is 0.906. The zero-order chi connectivity index (χ0) is 14.7. The Balaban J connectivity index is 2.12. The van der Waals surface area contributed by atoms with E-state index in [1.54, 1.807) is 0 Å². The number of aromatic nitrogens is 2. The molecule has 108 valence electrons. The van der Waals surface area contributed by atoms with Crippen LogP contribution in [0, 0.1) is 13.8 Å². The fraction of sp³-hybridized carbons (Fsp3) is 0.500. The van der Waals surface area contributed by atoms with Crippen LogP contribution in [0.3, 0.4) is 0 Å². The van der Waals surface area contributed by atoms with Gasteiger partial charge >= 0.3 is 0 Å². The number of carbonyl (C=O) groups excluding carboxylic acids is 1. The number of nitrogens with one attached hydrogen (secondary N) is 1. The number of hydrogen-bond donors (Lipinski definition) is 1. The summed E-state index contributed by atoms with van der Waals surface area (Å²) in [6.45, 7) is 7.66. The van der Waals surface area contributed by atoms with Crippen molar-refractivity contribution in [3.63, 3.8) is 0 Å². The van der Waals surface area contributed by atoms with Gasteiger partial charge < -0.3 is 14.5 Å². The molecule has 0 aliphatic rings. The van der Waals surface area contributed by atoms with Gasteiger partial charge in [0.25, 0.3) is 5.91 Å². The van der Waals surface area contributed by atoms with Crippen LogP contribution in [0.2, 0.25) is 0 Å². The maximum Gasteiger partial charge on any atom is 0.258 e. The third kappa shape index (κ3) is 2.89. The predicted molar refractivity (Wildman–Crippen MR) is 74.7 cm³/mol. The number of rotatable bonds is 5. The van der Waals surface area contributed by atoms with E-state index in [1.807, 2.05) is 27.7 Å². The average Bonchev–Trinajstić information content (AvgIpc) is 2.72. The number of furan rings is 1. The Hall–Kier alpha value is -2.11. The van der Waals surface area contributed by atoms with Gasteiger partial charge in [-0.3, -0.25) is 4.79 Å². The van der Waals surface area contributed by atoms with Crippen molar-refractivity contribution in [1.82, 2.24) is 15.3 Å². The molecule has 0 saturated heterocycles. The van der Waals surface area contributed by atoms with Crippen molar-refractivity contribution in [3.05, 3.63) is 17.7 Å². The van der Waals surface area contributed by atoms with Gasteiger partial charge in [0.2, 0.25) is 11.6 Å². The lowest BCUT2D eigenvalue weighted by Gasteiger charge is -2.11. The number of carbonyl (C=O) groups is 1. The van der Waals surface area contributed by atoms with Crippen LogP contribution in [0.15, 0.2) is 10.7 Å². The van der Waals surface area contributed by atoms with E-state index in [-0.39, 0.29) is 18.6 Å². The fourth-order valence-electron chi connectivity index (χ4n) is 1.81. The van der Waals surface area contributed by atoms with Gasteiger partial charge in [0.15, 0.2) is 6.61 Å².